The third kappa shape index (κ3) is 5.33. The lowest BCUT2D eigenvalue weighted by molar-refractivity contribution is 1.13. The van der Waals surface area contributed by atoms with Crippen molar-refractivity contribution in [2.45, 2.75) is 26.7 Å². The zero-order chi connectivity index (χ0) is 31.0. The predicted molar refractivity (Wildman–Crippen MR) is 195 cm³/mol. The maximum absolute atomic E-state index is 2.40. The highest BCUT2D eigenvalue weighted by molar-refractivity contribution is 5.83. The zero-order valence-electron chi connectivity index (χ0n) is 26.3. The van der Waals surface area contributed by atoms with E-state index in [0.29, 0.717) is 0 Å². The van der Waals surface area contributed by atoms with Crippen LogP contribution in [0.3, 0.4) is 0 Å². The fraction of sp³-hybridized carbons (Fsp3) is 0.0909. The molecule has 46 heavy (non-hydrogen) atoms. The van der Waals surface area contributed by atoms with Crippen LogP contribution < -0.4 is 9.80 Å². The third-order valence-corrected chi connectivity index (χ3v) is 9.22. The first-order chi connectivity index (χ1) is 22.6. The molecule has 6 aromatic rings. The summed E-state index contributed by atoms with van der Waals surface area (Å²) < 4.78 is 0. The SMILES string of the molecule is Cc1ccc(N(c2ccccc2)c2ccc3c(c2)CC(C2=Cc4ccc(N(c5ccccc5)c5ccc(C)cc5)cc4C2)=C3)cc1. The van der Waals surface area contributed by atoms with E-state index in [0.717, 1.165) is 24.2 Å². The summed E-state index contributed by atoms with van der Waals surface area (Å²) >= 11 is 0. The van der Waals surface area contributed by atoms with E-state index in [1.54, 1.807) is 0 Å². The van der Waals surface area contributed by atoms with Crippen molar-refractivity contribution in [3.8, 4) is 0 Å². The van der Waals surface area contributed by atoms with Gasteiger partial charge in [-0.2, -0.15) is 0 Å². The first-order valence-corrected chi connectivity index (χ1v) is 16.1. The summed E-state index contributed by atoms with van der Waals surface area (Å²) in [5.74, 6) is 0. The molecule has 2 aliphatic rings. The molecule has 0 aromatic heterocycles. The number of para-hydroxylation sites is 2. The molecular formula is C44H36N2. The molecule has 0 aliphatic heterocycles. The van der Waals surface area contributed by atoms with Gasteiger partial charge in [0.05, 0.1) is 0 Å². The molecule has 0 atom stereocenters. The molecule has 0 N–H and O–H groups in total. The van der Waals surface area contributed by atoms with Crippen LogP contribution in [0.4, 0.5) is 34.1 Å². The molecule has 0 radical (unpaired) electrons. The molecule has 0 bridgehead atoms. The average molecular weight is 593 g/mol. The Labute approximate surface area is 272 Å². The molecule has 6 aromatic carbocycles. The Bertz CT molecular complexity index is 1930. The van der Waals surface area contributed by atoms with Crippen LogP contribution >= 0.6 is 0 Å². The van der Waals surface area contributed by atoms with Crippen molar-refractivity contribution >= 4 is 46.3 Å². The number of allylic oxidation sites excluding steroid dienone is 2. The Morgan fingerprint density at radius 3 is 1.11 bits per heavy atom. The van der Waals surface area contributed by atoms with Gasteiger partial charge in [0.1, 0.15) is 0 Å². The van der Waals surface area contributed by atoms with E-state index < -0.39 is 0 Å². The molecule has 2 heteroatoms. The van der Waals surface area contributed by atoms with Gasteiger partial charge in [0, 0.05) is 34.1 Å². The minimum atomic E-state index is 0.950. The largest absolute Gasteiger partial charge is 0.310 e. The number of benzene rings is 6. The summed E-state index contributed by atoms with van der Waals surface area (Å²) in [6.45, 7) is 4.28. The highest BCUT2D eigenvalue weighted by Gasteiger charge is 2.23. The van der Waals surface area contributed by atoms with E-state index in [-0.39, 0.29) is 0 Å². The molecule has 0 saturated carbocycles. The maximum Gasteiger partial charge on any atom is 0.0464 e. The summed E-state index contributed by atoms with van der Waals surface area (Å²) in [6, 6.07) is 52.8. The van der Waals surface area contributed by atoms with E-state index >= 15 is 0 Å². The van der Waals surface area contributed by atoms with Gasteiger partial charge in [0.2, 0.25) is 0 Å². The van der Waals surface area contributed by atoms with E-state index in [1.807, 2.05) is 0 Å². The van der Waals surface area contributed by atoms with Gasteiger partial charge in [0.15, 0.2) is 0 Å². The van der Waals surface area contributed by atoms with Crippen LogP contribution in [0.1, 0.15) is 33.4 Å². The molecular weight excluding hydrogens is 556 g/mol. The molecule has 0 heterocycles. The third-order valence-electron chi connectivity index (χ3n) is 9.22. The van der Waals surface area contributed by atoms with Crippen molar-refractivity contribution in [2.24, 2.45) is 0 Å². The average Bonchev–Trinajstić information content (AvgIpc) is 3.72. The van der Waals surface area contributed by atoms with Gasteiger partial charge < -0.3 is 9.80 Å². The van der Waals surface area contributed by atoms with Gasteiger partial charge in [-0.15, -0.1) is 0 Å². The van der Waals surface area contributed by atoms with Crippen LogP contribution in [0.15, 0.2) is 157 Å². The van der Waals surface area contributed by atoms with Crippen molar-refractivity contribution in [1.82, 2.24) is 0 Å². The molecule has 2 nitrogen and oxygen atoms in total. The number of hydrogen-bond acceptors (Lipinski definition) is 2. The Kier molecular flexibility index (Phi) is 7.11. The first-order valence-electron chi connectivity index (χ1n) is 16.1. The van der Waals surface area contributed by atoms with E-state index in [2.05, 4.69) is 181 Å². The van der Waals surface area contributed by atoms with Gasteiger partial charge in [-0.05, 0) is 133 Å². The summed E-state index contributed by atoms with van der Waals surface area (Å²) in [4.78, 5) is 4.72. The summed E-state index contributed by atoms with van der Waals surface area (Å²) in [7, 11) is 0. The molecule has 0 amide bonds. The highest BCUT2D eigenvalue weighted by Crippen LogP contribution is 2.42. The molecule has 222 valence electrons. The second-order valence-corrected chi connectivity index (χ2v) is 12.5. The van der Waals surface area contributed by atoms with Crippen LogP contribution in [0.5, 0.6) is 0 Å². The van der Waals surface area contributed by atoms with Crippen LogP contribution in [0.2, 0.25) is 0 Å². The van der Waals surface area contributed by atoms with E-state index in [4.69, 9.17) is 0 Å². The zero-order valence-corrected chi connectivity index (χ0v) is 26.3. The monoisotopic (exact) mass is 592 g/mol. The molecule has 0 saturated heterocycles. The van der Waals surface area contributed by atoms with E-state index in [1.165, 1.54) is 67.3 Å². The second kappa shape index (κ2) is 11.7. The second-order valence-electron chi connectivity index (χ2n) is 12.5. The summed E-state index contributed by atoms with van der Waals surface area (Å²) in [5, 5.41) is 0. The van der Waals surface area contributed by atoms with Crippen LogP contribution in [0, 0.1) is 13.8 Å². The predicted octanol–water partition coefficient (Wildman–Crippen LogP) is 11.8. The smallest absolute Gasteiger partial charge is 0.0464 e. The Morgan fingerprint density at radius 1 is 0.370 bits per heavy atom. The number of hydrogen-bond donors (Lipinski definition) is 0. The number of nitrogens with zero attached hydrogens (tertiary/aromatic N) is 2. The van der Waals surface area contributed by atoms with Crippen molar-refractivity contribution in [3.05, 3.63) is 190 Å². The minimum absolute atomic E-state index is 0.950. The molecule has 2 aliphatic carbocycles. The highest BCUT2D eigenvalue weighted by atomic mass is 15.1. The minimum Gasteiger partial charge on any atom is -0.310 e. The molecule has 0 spiro atoms. The molecule has 0 fully saturated rings. The van der Waals surface area contributed by atoms with Crippen molar-refractivity contribution in [1.29, 1.82) is 0 Å². The maximum atomic E-state index is 2.40. The van der Waals surface area contributed by atoms with Crippen LogP contribution in [-0.4, -0.2) is 0 Å². The number of fused-ring (bicyclic) bond motifs is 2. The number of aryl methyl sites for hydroxylation is 2. The topological polar surface area (TPSA) is 6.48 Å². The lowest BCUT2D eigenvalue weighted by Gasteiger charge is -2.26. The Hall–Kier alpha value is -5.60. The number of rotatable bonds is 7. The number of anilines is 6. The lowest BCUT2D eigenvalue weighted by Crippen LogP contribution is -2.10. The Morgan fingerprint density at radius 2 is 0.717 bits per heavy atom. The fourth-order valence-corrected chi connectivity index (χ4v) is 6.79. The van der Waals surface area contributed by atoms with Gasteiger partial charge in [-0.3, -0.25) is 0 Å². The first kappa shape index (κ1) is 27.9. The van der Waals surface area contributed by atoms with Crippen molar-refractivity contribution in [3.63, 3.8) is 0 Å². The van der Waals surface area contributed by atoms with Crippen LogP contribution in [0.25, 0.3) is 12.2 Å². The standard InChI is InChI=1S/C44H36N2/c1-31-13-19-41(20-14-31)45(39-9-5-3-6-10-39)43-23-17-33-25-35(27-37(33)29-43)36-26-34-18-24-44(30-38(34)28-36)46(40-11-7-4-8-12-40)42-21-15-32(2)16-22-42/h3-26,29-30H,27-28H2,1-2H3. The molecule has 8 rings (SSSR count). The van der Waals surface area contributed by atoms with Gasteiger partial charge in [-0.1, -0.05) is 96.1 Å². The molecule has 0 unspecified atom stereocenters. The lowest BCUT2D eigenvalue weighted by atomic mass is 10.0. The van der Waals surface area contributed by atoms with Crippen molar-refractivity contribution in [2.75, 3.05) is 9.80 Å². The van der Waals surface area contributed by atoms with Gasteiger partial charge >= 0.3 is 0 Å². The normalized spacial score (nSPS) is 13.1. The fourth-order valence-electron chi connectivity index (χ4n) is 6.79. The summed E-state index contributed by atoms with van der Waals surface area (Å²) in [6.07, 6.45) is 6.70. The van der Waals surface area contributed by atoms with E-state index in [9.17, 15) is 0 Å². The van der Waals surface area contributed by atoms with Crippen LogP contribution in [-0.2, 0) is 12.8 Å². The quantitative estimate of drug-likeness (QED) is 0.182. The van der Waals surface area contributed by atoms with Gasteiger partial charge in [0.25, 0.3) is 0 Å². The van der Waals surface area contributed by atoms with Gasteiger partial charge in [-0.25, -0.2) is 0 Å². The Balaban J connectivity index is 1.06. The summed E-state index contributed by atoms with van der Waals surface area (Å²) in [5.41, 5.74) is 17.8. The van der Waals surface area contributed by atoms with Crippen molar-refractivity contribution < 1.29 is 0 Å².